The van der Waals surface area contributed by atoms with Crippen molar-refractivity contribution in [3.8, 4) is 11.5 Å². The molecule has 0 aromatic carbocycles. The van der Waals surface area contributed by atoms with E-state index in [1.807, 2.05) is 0 Å². The SMILES string of the molecule is CC(=O)NC(C)(C)c1noc(-c2cscc2C(F)(F)F)n1. The van der Waals surface area contributed by atoms with E-state index >= 15 is 0 Å². The number of nitrogens with zero attached hydrogens (tertiary/aromatic N) is 2. The van der Waals surface area contributed by atoms with Crippen LogP contribution in [0.1, 0.15) is 32.2 Å². The van der Waals surface area contributed by atoms with Gasteiger partial charge < -0.3 is 9.84 Å². The average Bonchev–Trinajstić information content (AvgIpc) is 2.95. The van der Waals surface area contributed by atoms with Crippen molar-refractivity contribution in [1.82, 2.24) is 15.5 Å². The molecule has 1 amide bonds. The fourth-order valence-electron chi connectivity index (χ4n) is 1.76. The predicted octanol–water partition coefficient (Wildman–Crippen LogP) is 3.19. The van der Waals surface area contributed by atoms with Gasteiger partial charge in [-0.3, -0.25) is 4.79 Å². The molecule has 0 spiro atoms. The number of nitrogens with one attached hydrogen (secondary N) is 1. The molecule has 0 fully saturated rings. The third-order valence-corrected chi connectivity index (χ3v) is 3.41. The van der Waals surface area contributed by atoms with E-state index in [2.05, 4.69) is 15.5 Å². The van der Waals surface area contributed by atoms with Crippen LogP contribution in [0, 0.1) is 0 Å². The Morgan fingerprint density at radius 3 is 2.57 bits per heavy atom. The highest BCUT2D eigenvalue weighted by atomic mass is 32.1. The molecule has 0 radical (unpaired) electrons. The number of thiophene rings is 1. The predicted molar refractivity (Wildman–Crippen MR) is 69.5 cm³/mol. The van der Waals surface area contributed by atoms with E-state index in [0.29, 0.717) is 0 Å². The second kappa shape index (κ2) is 5.14. The number of rotatable bonds is 3. The fourth-order valence-corrected chi connectivity index (χ4v) is 2.59. The molecule has 0 unspecified atom stereocenters. The number of halogens is 3. The summed E-state index contributed by atoms with van der Waals surface area (Å²) >= 11 is 0.898. The van der Waals surface area contributed by atoms with Crippen molar-refractivity contribution in [1.29, 1.82) is 0 Å². The average molecular weight is 319 g/mol. The number of amides is 1. The van der Waals surface area contributed by atoms with Crippen LogP contribution in [0.15, 0.2) is 15.3 Å². The molecule has 2 heterocycles. The normalized spacial score (nSPS) is 12.5. The lowest BCUT2D eigenvalue weighted by Crippen LogP contribution is -2.40. The Bertz CT molecular complexity index is 661. The van der Waals surface area contributed by atoms with E-state index in [1.165, 1.54) is 12.3 Å². The zero-order valence-corrected chi connectivity index (χ0v) is 12.2. The summed E-state index contributed by atoms with van der Waals surface area (Å²) in [6.07, 6.45) is -4.49. The summed E-state index contributed by atoms with van der Waals surface area (Å²) in [5.41, 5.74) is -1.92. The minimum absolute atomic E-state index is 0.104. The number of hydrogen-bond acceptors (Lipinski definition) is 5. The lowest BCUT2D eigenvalue weighted by Gasteiger charge is -2.20. The zero-order valence-electron chi connectivity index (χ0n) is 11.4. The van der Waals surface area contributed by atoms with E-state index in [9.17, 15) is 18.0 Å². The molecular weight excluding hydrogens is 307 g/mol. The van der Waals surface area contributed by atoms with E-state index in [4.69, 9.17) is 4.52 Å². The van der Waals surface area contributed by atoms with Crippen LogP contribution in [0.25, 0.3) is 11.5 Å². The number of alkyl halides is 3. The molecule has 9 heteroatoms. The van der Waals surface area contributed by atoms with Crippen LogP contribution in [0.4, 0.5) is 13.2 Å². The van der Waals surface area contributed by atoms with Gasteiger partial charge in [0.25, 0.3) is 5.89 Å². The summed E-state index contributed by atoms with van der Waals surface area (Å²) < 4.78 is 43.4. The van der Waals surface area contributed by atoms with E-state index in [0.717, 1.165) is 16.7 Å². The third kappa shape index (κ3) is 3.23. The largest absolute Gasteiger partial charge is 0.417 e. The molecule has 21 heavy (non-hydrogen) atoms. The summed E-state index contributed by atoms with van der Waals surface area (Å²) in [6.45, 7) is 4.58. The molecule has 0 bridgehead atoms. The first kappa shape index (κ1) is 15.5. The maximum absolute atomic E-state index is 12.8. The molecule has 0 aliphatic heterocycles. The summed E-state index contributed by atoms with van der Waals surface area (Å²) in [5.74, 6) is -0.429. The van der Waals surface area contributed by atoms with Gasteiger partial charge in [-0.2, -0.15) is 29.5 Å². The zero-order chi connectivity index (χ0) is 15.8. The minimum Gasteiger partial charge on any atom is -0.344 e. The topological polar surface area (TPSA) is 68.0 Å². The van der Waals surface area contributed by atoms with Crippen molar-refractivity contribution in [2.24, 2.45) is 0 Å². The van der Waals surface area contributed by atoms with Crippen molar-refractivity contribution in [2.45, 2.75) is 32.5 Å². The fraction of sp³-hybridized carbons (Fsp3) is 0.417. The Hall–Kier alpha value is -1.90. The van der Waals surface area contributed by atoms with Crippen LogP contribution in [0.5, 0.6) is 0 Å². The first-order valence-electron chi connectivity index (χ1n) is 5.88. The van der Waals surface area contributed by atoms with Crippen LogP contribution in [0.2, 0.25) is 0 Å². The first-order chi connectivity index (χ1) is 9.61. The molecule has 2 rings (SSSR count). The van der Waals surface area contributed by atoms with Crippen LogP contribution in [-0.2, 0) is 16.5 Å². The van der Waals surface area contributed by atoms with Gasteiger partial charge in [0.1, 0.15) is 0 Å². The van der Waals surface area contributed by atoms with Crippen LogP contribution < -0.4 is 5.32 Å². The number of aromatic nitrogens is 2. The summed E-state index contributed by atoms with van der Waals surface area (Å²) in [6, 6.07) is 0. The molecule has 1 N–H and O–H groups in total. The third-order valence-electron chi connectivity index (χ3n) is 2.67. The Morgan fingerprint density at radius 2 is 2.00 bits per heavy atom. The van der Waals surface area contributed by atoms with Crippen molar-refractivity contribution in [3.05, 3.63) is 22.1 Å². The van der Waals surface area contributed by atoms with Crippen LogP contribution in [0.3, 0.4) is 0 Å². The van der Waals surface area contributed by atoms with Gasteiger partial charge in [0, 0.05) is 17.7 Å². The van der Waals surface area contributed by atoms with Crippen molar-refractivity contribution >= 4 is 17.2 Å². The molecule has 0 saturated heterocycles. The van der Waals surface area contributed by atoms with Crippen LogP contribution >= 0.6 is 11.3 Å². The van der Waals surface area contributed by atoms with Crippen LogP contribution in [-0.4, -0.2) is 16.0 Å². The number of carbonyl (C=O) groups excluding carboxylic acids is 1. The second-order valence-corrected chi connectivity index (χ2v) is 5.67. The molecule has 5 nitrogen and oxygen atoms in total. The highest BCUT2D eigenvalue weighted by Gasteiger charge is 2.36. The molecule has 114 valence electrons. The first-order valence-corrected chi connectivity index (χ1v) is 6.82. The lowest BCUT2D eigenvalue weighted by atomic mass is 10.1. The monoisotopic (exact) mass is 319 g/mol. The van der Waals surface area contributed by atoms with Gasteiger partial charge in [-0.25, -0.2) is 0 Å². The highest BCUT2D eigenvalue weighted by molar-refractivity contribution is 7.08. The van der Waals surface area contributed by atoms with Crippen molar-refractivity contribution < 1.29 is 22.5 Å². The number of carbonyl (C=O) groups is 1. The molecule has 0 atom stereocenters. The van der Waals surface area contributed by atoms with E-state index in [1.54, 1.807) is 13.8 Å². The van der Waals surface area contributed by atoms with Crippen molar-refractivity contribution in [2.75, 3.05) is 0 Å². The number of hydrogen-bond donors (Lipinski definition) is 1. The maximum atomic E-state index is 12.8. The van der Waals surface area contributed by atoms with Gasteiger partial charge in [0.2, 0.25) is 5.91 Å². The minimum atomic E-state index is -4.49. The Balaban J connectivity index is 2.37. The van der Waals surface area contributed by atoms with Gasteiger partial charge in [-0.1, -0.05) is 5.16 Å². The Labute approximate surface area is 122 Å². The summed E-state index contributed by atoms with van der Waals surface area (Å²) in [5, 5.41) is 8.53. The molecular formula is C12H12F3N3O2S. The molecule has 2 aromatic heterocycles. The second-order valence-electron chi connectivity index (χ2n) is 4.93. The van der Waals surface area contributed by atoms with Crippen molar-refractivity contribution in [3.63, 3.8) is 0 Å². The maximum Gasteiger partial charge on any atom is 0.417 e. The highest BCUT2D eigenvalue weighted by Crippen LogP contribution is 2.39. The lowest BCUT2D eigenvalue weighted by molar-refractivity contribution is -0.136. The van der Waals surface area contributed by atoms with E-state index < -0.39 is 17.3 Å². The van der Waals surface area contributed by atoms with Gasteiger partial charge in [-0.15, -0.1) is 0 Å². The van der Waals surface area contributed by atoms with Gasteiger partial charge >= 0.3 is 6.18 Å². The Kier molecular flexibility index (Phi) is 3.79. The molecule has 0 saturated carbocycles. The summed E-state index contributed by atoms with van der Waals surface area (Å²) in [4.78, 5) is 15.1. The summed E-state index contributed by atoms with van der Waals surface area (Å²) in [7, 11) is 0. The quantitative estimate of drug-likeness (QED) is 0.943. The molecule has 2 aromatic rings. The smallest absolute Gasteiger partial charge is 0.344 e. The van der Waals surface area contributed by atoms with Gasteiger partial charge in [0.05, 0.1) is 16.7 Å². The molecule has 0 aliphatic rings. The van der Waals surface area contributed by atoms with Gasteiger partial charge in [0.15, 0.2) is 5.82 Å². The standard InChI is InChI=1S/C12H12F3N3O2S/c1-6(19)17-11(2,3)10-16-9(20-18-10)7-4-21-5-8(7)12(13,14)15/h4-5H,1-3H3,(H,17,19). The van der Waals surface area contributed by atoms with Gasteiger partial charge in [-0.05, 0) is 13.8 Å². The molecule has 0 aliphatic carbocycles. The van der Waals surface area contributed by atoms with E-state index in [-0.39, 0.29) is 23.2 Å². The Morgan fingerprint density at radius 1 is 1.33 bits per heavy atom.